The summed E-state index contributed by atoms with van der Waals surface area (Å²) in [4.78, 5) is 15.8. The van der Waals surface area contributed by atoms with Gasteiger partial charge in [-0.25, -0.2) is 0 Å². The molecule has 2 N–H and O–H groups in total. The molecule has 1 heterocycles. The Morgan fingerprint density at radius 2 is 1.88 bits per heavy atom. The molecular weight excluding hydrogens is 214 g/mol. The molecule has 4 heteroatoms. The second-order valence-corrected chi connectivity index (χ2v) is 6.09. The van der Waals surface area contributed by atoms with Crippen molar-refractivity contribution in [2.24, 2.45) is 17.1 Å². The number of amides is 1. The molecule has 0 saturated carbocycles. The molecule has 100 valence electrons. The lowest BCUT2D eigenvalue weighted by Crippen LogP contribution is -2.46. The SMILES string of the molecule is CN(C)CC(=O)N1CCC(C(C)(C)CN)CC1. The lowest BCUT2D eigenvalue weighted by atomic mass is 9.74. The number of rotatable bonds is 4. The standard InChI is InChI=1S/C13H27N3O/c1-13(2,10-14)11-5-7-16(8-6-11)12(17)9-15(3)4/h11H,5-10,14H2,1-4H3. The molecule has 1 saturated heterocycles. The maximum Gasteiger partial charge on any atom is 0.236 e. The number of hydrogen-bond donors (Lipinski definition) is 1. The average Bonchev–Trinajstić information content (AvgIpc) is 2.28. The molecule has 0 radical (unpaired) electrons. The van der Waals surface area contributed by atoms with E-state index in [4.69, 9.17) is 5.73 Å². The predicted molar refractivity (Wildman–Crippen MR) is 70.7 cm³/mol. The average molecular weight is 241 g/mol. The van der Waals surface area contributed by atoms with Crippen molar-refractivity contribution in [3.8, 4) is 0 Å². The Hall–Kier alpha value is -0.610. The van der Waals surface area contributed by atoms with Crippen LogP contribution in [0.3, 0.4) is 0 Å². The van der Waals surface area contributed by atoms with Crippen molar-refractivity contribution in [3.63, 3.8) is 0 Å². The van der Waals surface area contributed by atoms with Crippen LogP contribution in [0.5, 0.6) is 0 Å². The largest absolute Gasteiger partial charge is 0.342 e. The van der Waals surface area contributed by atoms with Crippen LogP contribution in [0.25, 0.3) is 0 Å². The van der Waals surface area contributed by atoms with E-state index in [2.05, 4.69) is 13.8 Å². The predicted octanol–water partition coefficient (Wildman–Crippen LogP) is 0.772. The van der Waals surface area contributed by atoms with E-state index >= 15 is 0 Å². The Kier molecular flexibility index (Phi) is 4.95. The summed E-state index contributed by atoms with van der Waals surface area (Å²) in [7, 11) is 3.87. The zero-order valence-corrected chi connectivity index (χ0v) is 11.7. The van der Waals surface area contributed by atoms with Gasteiger partial charge in [-0.2, -0.15) is 0 Å². The summed E-state index contributed by atoms with van der Waals surface area (Å²) in [5.41, 5.74) is 6.02. The van der Waals surface area contributed by atoms with Crippen LogP contribution in [-0.2, 0) is 4.79 Å². The summed E-state index contributed by atoms with van der Waals surface area (Å²) >= 11 is 0. The molecule has 0 aromatic carbocycles. The van der Waals surface area contributed by atoms with Crippen molar-refractivity contribution in [2.75, 3.05) is 40.3 Å². The van der Waals surface area contributed by atoms with Gasteiger partial charge in [0.2, 0.25) is 5.91 Å². The van der Waals surface area contributed by atoms with E-state index in [9.17, 15) is 4.79 Å². The van der Waals surface area contributed by atoms with Crippen LogP contribution >= 0.6 is 0 Å². The van der Waals surface area contributed by atoms with Gasteiger partial charge < -0.3 is 15.5 Å². The Labute approximate surface area is 105 Å². The van der Waals surface area contributed by atoms with Crippen LogP contribution < -0.4 is 5.73 Å². The first-order valence-electron chi connectivity index (χ1n) is 6.49. The summed E-state index contributed by atoms with van der Waals surface area (Å²) in [5, 5.41) is 0. The van der Waals surface area contributed by atoms with Crippen molar-refractivity contribution in [1.82, 2.24) is 9.80 Å². The highest BCUT2D eigenvalue weighted by Crippen LogP contribution is 2.33. The van der Waals surface area contributed by atoms with Crippen LogP contribution in [-0.4, -0.2) is 56.0 Å². The summed E-state index contributed by atoms with van der Waals surface area (Å²) < 4.78 is 0. The number of nitrogens with zero attached hydrogens (tertiary/aromatic N) is 2. The first kappa shape index (κ1) is 14.5. The number of carbonyl (C=O) groups excluding carboxylic acids is 1. The first-order valence-corrected chi connectivity index (χ1v) is 6.49. The van der Waals surface area contributed by atoms with Crippen molar-refractivity contribution in [3.05, 3.63) is 0 Å². The summed E-state index contributed by atoms with van der Waals surface area (Å²) in [6.45, 7) is 7.49. The molecule has 1 aliphatic heterocycles. The maximum atomic E-state index is 11.9. The van der Waals surface area contributed by atoms with E-state index in [1.54, 1.807) is 0 Å². The van der Waals surface area contributed by atoms with Gasteiger partial charge in [0.25, 0.3) is 0 Å². The highest BCUT2D eigenvalue weighted by molar-refractivity contribution is 5.78. The molecule has 1 fully saturated rings. The van der Waals surface area contributed by atoms with E-state index < -0.39 is 0 Å². The molecule has 0 atom stereocenters. The number of likely N-dealkylation sites (tertiary alicyclic amines) is 1. The first-order chi connectivity index (χ1) is 7.86. The molecule has 0 aromatic heterocycles. The van der Waals surface area contributed by atoms with Gasteiger partial charge in [-0.3, -0.25) is 4.79 Å². The van der Waals surface area contributed by atoms with Crippen LogP contribution in [0.1, 0.15) is 26.7 Å². The van der Waals surface area contributed by atoms with E-state index in [-0.39, 0.29) is 11.3 Å². The molecule has 0 bridgehead atoms. The van der Waals surface area contributed by atoms with Gasteiger partial charge in [-0.05, 0) is 44.8 Å². The Morgan fingerprint density at radius 3 is 2.29 bits per heavy atom. The fourth-order valence-electron chi connectivity index (χ4n) is 2.45. The molecule has 1 rings (SSSR count). The highest BCUT2D eigenvalue weighted by Gasteiger charge is 2.32. The third-order valence-electron chi connectivity index (χ3n) is 3.93. The Morgan fingerprint density at radius 1 is 1.35 bits per heavy atom. The lowest BCUT2D eigenvalue weighted by molar-refractivity contribution is -0.133. The molecule has 17 heavy (non-hydrogen) atoms. The summed E-state index contributed by atoms with van der Waals surface area (Å²) in [6, 6.07) is 0. The van der Waals surface area contributed by atoms with Crippen LogP contribution in [0.15, 0.2) is 0 Å². The van der Waals surface area contributed by atoms with Gasteiger partial charge in [0.05, 0.1) is 6.54 Å². The van der Waals surface area contributed by atoms with Gasteiger partial charge in [0, 0.05) is 13.1 Å². The molecule has 0 spiro atoms. The molecule has 0 aromatic rings. The molecule has 4 nitrogen and oxygen atoms in total. The minimum Gasteiger partial charge on any atom is -0.342 e. The van der Waals surface area contributed by atoms with E-state index in [0.717, 1.165) is 32.5 Å². The molecule has 1 amide bonds. The Balaban J connectivity index is 2.43. The second kappa shape index (κ2) is 5.83. The lowest BCUT2D eigenvalue weighted by Gasteiger charge is -2.40. The minimum atomic E-state index is 0.205. The third-order valence-corrected chi connectivity index (χ3v) is 3.93. The summed E-state index contributed by atoms with van der Waals surface area (Å²) in [6.07, 6.45) is 2.17. The minimum absolute atomic E-state index is 0.205. The van der Waals surface area contributed by atoms with Crippen molar-refractivity contribution in [1.29, 1.82) is 0 Å². The number of carbonyl (C=O) groups is 1. The Bertz CT molecular complexity index is 255. The molecular formula is C13H27N3O. The van der Waals surface area contributed by atoms with Crippen molar-refractivity contribution in [2.45, 2.75) is 26.7 Å². The normalized spacial score (nSPS) is 18.8. The molecule has 0 unspecified atom stereocenters. The molecule has 0 aliphatic carbocycles. The number of nitrogens with two attached hydrogens (primary N) is 1. The fraction of sp³-hybridized carbons (Fsp3) is 0.923. The molecule has 1 aliphatic rings. The number of piperidine rings is 1. The van der Waals surface area contributed by atoms with E-state index in [1.807, 2.05) is 23.9 Å². The monoisotopic (exact) mass is 241 g/mol. The zero-order valence-electron chi connectivity index (χ0n) is 11.7. The topological polar surface area (TPSA) is 49.6 Å². The fourth-order valence-corrected chi connectivity index (χ4v) is 2.45. The quantitative estimate of drug-likeness (QED) is 0.791. The number of hydrogen-bond acceptors (Lipinski definition) is 3. The van der Waals surface area contributed by atoms with E-state index in [1.165, 1.54) is 0 Å². The van der Waals surface area contributed by atoms with Gasteiger partial charge in [-0.15, -0.1) is 0 Å². The van der Waals surface area contributed by atoms with E-state index in [0.29, 0.717) is 12.5 Å². The van der Waals surface area contributed by atoms with Crippen molar-refractivity contribution >= 4 is 5.91 Å². The van der Waals surface area contributed by atoms with Crippen LogP contribution in [0.2, 0.25) is 0 Å². The highest BCUT2D eigenvalue weighted by atomic mass is 16.2. The number of likely N-dealkylation sites (N-methyl/N-ethyl adjacent to an activating group) is 1. The zero-order chi connectivity index (χ0) is 13.1. The van der Waals surface area contributed by atoms with Crippen LogP contribution in [0, 0.1) is 11.3 Å². The van der Waals surface area contributed by atoms with Gasteiger partial charge in [0.15, 0.2) is 0 Å². The van der Waals surface area contributed by atoms with Gasteiger partial charge >= 0.3 is 0 Å². The summed E-state index contributed by atoms with van der Waals surface area (Å²) in [5.74, 6) is 0.898. The van der Waals surface area contributed by atoms with Gasteiger partial charge in [-0.1, -0.05) is 13.8 Å². The third kappa shape index (κ3) is 3.96. The van der Waals surface area contributed by atoms with Crippen LogP contribution in [0.4, 0.5) is 0 Å². The van der Waals surface area contributed by atoms with Crippen molar-refractivity contribution < 1.29 is 4.79 Å². The maximum absolute atomic E-state index is 11.9. The smallest absolute Gasteiger partial charge is 0.236 e. The van der Waals surface area contributed by atoms with Gasteiger partial charge in [0.1, 0.15) is 0 Å². The second-order valence-electron chi connectivity index (χ2n) is 6.09.